The molecule has 2 N–H and O–H groups in total. The van der Waals surface area contributed by atoms with Gasteiger partial charge in [-0.25, -0.2) is 4.39 Å². The van der Waals surface area contributed by atoms with Gasteiger partial charge in [-0.1, -0.05) is 12.1 Å². The van der Waals surface area contributed by atoms with Gasteiger partial charge in [0.15, 0.2) is 0 Å². The van der Waals surface area contributed by atoms with Crippen molar-refractivity contribution in [2.75, 3.05) is 5.32 Å². The van der Waals surface area contributed by atoms with E-state index in [1.165, 1.54) is 23.5 Å². The lowest BCUT2D eigenvalue weighted by Crippen LogP contribution is -2.23. The summed E-state index contributed by atoms with van der Waals surface area (Å²) in [5, 5.41) is 10.5. The van der Waals surface area contributed by atoms with Gasteiger partial charge in [-0.05, 0) is 59.8 Å². The van der Waals surface area contributed by atoms with Crippen molar-refractivity contribution in [2.24, 2.45) is 0 Å². The van der Waals surface area contributed by atoms with Gasteiger partial charge in [0, 0.05) is 29.3 Å². The summed E-state index contributed by atoms with van der Waals surface area (Å²) in [4.78, 5) is 25.4. The molecule has 2 aromatic heterocycles. The number of anilines is 1. The number of thiophene rings is 1. The van der Waals surface area contributed by atoms with E-state index >= 15 is 0 Å². The van der Waals surface area contributed by atoms with E-state index < -0.39 is 0 Å². The Balaban J connectivity index is 1.40. The van der Waals surface area contributed by atoms with Crippen LogP contribution in [0.15, 0.2) is 60.9 Å². The number of carbonyl (C=O) groups is 2. The van der Waals surface area contributed by atoms with Crippen LogP contribution in [0.25, 0.3) is 10.1 Å². The van der Waals surface area contributed by atoms with Crippen molar-refractivity contribution in [3.63, 3.8) is 0 Å². The highest BCUT2D eigenvalue weighted by Crippen LogP contribution is 2.31. The Morgan fingerprint density at radius 3 is 2.83 bits per heavy atom. The standard InChI is InChI=1S/C22H19FN4O2S/c1-14-18-11-16(23)6-7-19(18)30-21(14)22(29)24-12-15-4-2-5-17(10-15)26-20(28)13-27-9-3-8-25-27/h2-11H,12-13H2,1H3,(H,24,29)(H,26,28). The van der Waals surface area contributed by atoms with Gasteiger partial charge >= 0.3 is 0 Å². The number of amides is 2. The predicted octanol–water partition coefficient (Wildman–Crippen LogP) is 4.11. The number of nitrogens with one attached hydrogen (secondary N) is 2. The molecule has 6 nitrogen and oxygen atoms in total. The molecule has 0 atom stereocenters. The van der Waals surface area contributed by atoms with E-state index in [0.717, 1.165) is 21.2 Å². The summed E-state index contributed by atoms with van der Waals surface area (Å²) in [5.74, 6) is -0.711. The summed E-state index contributed by atoms with van der Waals surface area (Å²) in [6.45, 7) is 2.26. The second kappa shape index (κ2) is 8.46. The van der Waals surface area contributed by atoms with Crippen LogP contribution < -0.4 is 10.6 Å². The maximum atomic E-state index is 13.5. The summed E-state index contributed by atoms with van der Waals surface area (Å²) in [5.41, 5.74) is 2.27. The molecule has 2 amide bonds. The molecule has 0 spiro atoms. The van der Waals surface area contributed by atoms with E-state index in [0.29, 0.717) is 17.1 Å². The highest BCUT2D eigenvalue weighted by Gasteiger charge is 2.16. The molecule has 0 aliphatic carbocycles. The Hall–Kier alpha value is -3.52. The molecular formula is C22H19FN4O2S. The van der Waals surface area contributed by atoms with Crippen molar-refractivity contribution in [3.05, 3.63) is 82.7 Å². The molecule has 4 aromatic rings. The summed E-state index contributed by atoms with van der Waals surface area (Å²) < 4.78 is 15.9. The van der Waals surface area contributed by atoms with Gasteiger partial charge in [0.05, 0.1) is 4.88 Å². The van der Waals surface area contributed by atoms with Crippen LogP contribution >= 0.6 is 11.3 Å². The number of hydrogen-bond acceptors (Lipinski definition) is 4. The third-order valence-corrected chi connectivity index (χ3v) is 5.90. The molecule has 2 heterocycles. The first-order valence-corrected chi connectivity index (χ1v) is 10.1. The Kier molecular flexibility index (Phi) is 5.58. The Labute approximate surface area is 176 Å². The predicted molar refractivity (Wildman–Crippen MR) is 115 cm³/mol. The van der Waals surface area contributed by atoms with E-state index in [1.807, 2.05) is 25.1 Å². The van der Waals surface area contributed by atoms with Crippen LogP contribution in [0.5, 0.6) is 0 Å². The van der Waals surface area contributed by atoms with Crippen molar-refractivity contribution in [1.82, 2.24) is 15.1 Å². The molecule has 0 radical (unpaired) electrons. The average molecular weight is 422 g/mol. The fourth-order valence-corrected chi connectivity index (χ4v) is 4.28. The fraction of sp³-hybridized carbons (Fsp3) is 0.136. The summed E-state index contributed by atoms with van der Waals surface area (Å²) in [7, 11) is 0. The SMILES string of the molecule is Cc1c(C(=O)NCc2cccc(NC(=O)Cn3cccn3)c2)sc2ccc(F)cc12. The van der Waals surface area contributed by atoms with Crippen molar-refractivity contribution < 1.29 is 14.0 Å². The minimum absolute atomic E-state index is 0.125. The second-order valence-electron chi connectivity index (χ2n) is 6.83. The largest absolute Gasteiger partial charge is 0.347 e. The minimum Gasteiger partial charge on any atom is -0.347 e. The number of rotatable bonds is 6. The number of aromatic nitrogens is 2. The normalized spacial score (nSPS) is 10.9. The second-order valence-corrected chi connectivity index (χ2v) is 7.88. The number of hydrogen-bond donors (Lipinski definition) is 2. The molecule has 4 rings (SSSR count). The zero-order valence-corrected chi connectivity index (χ0v) is 17.0. The van der Waals surface area contributed by atoms with Crippen LogP contribution in [-0.2, 0) is 17.9 Å². The lowest BCUT2D eigenvalue weighted by Gasteiger charge is -2.09. The fourth-order valence-electron chi connectivity index (χ4n) is 3.17. The third kappa shape index (κ3) is 4.38. The third-order valence-electron chi connectivity index (χ3n) is 4.63. The first kappa shape index (κ1) is 19.8. The van der Waals surface area contributed by atoms with E-state index in [-0.39, 0.29) is 24.2 Å². The molecule has 0 unspecified atom stereocenters. The van der Waals surface area contributed by atoms with Gasteiger partial charge in [-0.3, -0.25) is 14.3 Å². The van der Waals surface area contributed by atoms with Crippen molar-refractivity contribution >= 4 is 38.9 Å². The average Bonchev–Trinajstić information content (AvgIpc) is 3.34. The summed E-state index contributed by atoms with van der Waals surface area (Å²) in [6, 6.07) is 13.6. The van der Waals surface area contributed by atoms with Gasteiger partial charge < -0.3 is 10.6 Å². The number of halogens is 1. The number of nitrogens with zero attached hydrogens (tertiary/aromatic N) is 2. The quantitative estimate of drug-likeness (QED) is 0.491. The maximum Gasteiger partial charge on any atom is 0.261 e. The van der Waals surface area contributed by atoms with Crippen LogP contribution in [0, 0.1) is 12.7 Å². The van der Waals surface area contributed by atoms with Gasteiger partial charge in [0.2, 0.25) is 5.91 Å². The van der Waals surface area contributed by atoms with Crippen molar-refractivity contribution in [3.8, 4) is 0 Å². The molecule has 0 saturated heterocycles. The van der Waals surface area contributed by atoms with Gasteiger partial charge in [0.25, 0.3) is 5.91 Å². The molecular weight excluding hydrogens is 403 g/mol. The van der Waals surface area contributed by atoms with Crippen molar-refractivity contribution in [1.29, 1.82) is 0 Å². The van der Waals surface area contributed by atoms with E-state index in [4.69, 9.17) is 0 Å². The molecule has 0 fully saturated rings. The van der Waals surface area contributed by atoms with Crippen LogP contribution in [-0.4, -0.2) is 21.6 Å². The van der Waals surface area contributed by atoms with Crippen LogP contribution in [0.4, 0.5) is 10.1 Å². The van der Waals surface area contributed by atoms with Crippen LogP contribution in [0.1, 0.15) is 20.8 Å². The van der Waals surface area contributed by atoms with Crippen molar-refractivity contribution in [2.45, 2.75) is 20.0 Å². The van der Waals surface area contributed by atoms with Gasteiger partial charge in [0.1, 0.15) is 12.4 Å². The lowest BCUT2D eigenvalue weighted by molar-refractivity contribution is -0.116. The summed E-state index contributed by atoms with van der Waals surface area (Å²) in [6.07, 6.45) is 3.33. The van der Waals surface area contributed by atoms with E-state index in [2.05, 4.69) is 15.7 Å². The van der Waals surface area contributed by atoms with E-state index in [1.54, 1.807) is 35.3 Å². The monoisotopic (exact) mass is 422 g/mol. The molecule has 8 heteroatoms. The number of aryl methyl sites for hydroxylation is 1. The Morgan fingerprint density at radius 1 is 1.17 bits per heavy atom. The lowest BCUT2D eigenvalue weighted by atomic mass is 10.1. The van der Waals surface area contributed by atoms with Gasteiger partial charge in [-0.15, -0.1) is 11.3 Å². The topological polar surface area (TPSA) is 76.0 Å². The smallest absolute Gasteiger partial charge is 0.261 e. The minimum atomic E-state index is -0.318. The molecule has 0 bridgehead atoms. The van der Waals surface area contributed by atoms with Gasteiger partial charge in [-0.2, -0.15) is 5.10 Å². The molecule has 0 saturated carbocycles. The molecule has 2 aromatic carbocycles. The zero-order valence-electron chi connectivity index (χ0n) is 16.2. The highest BCUT2D eigenvalue weighted by atomic mass is 32.1. The number of fused-ring (bicyclic) bond motifs is 1. The first-order valence-electron chi connectivity index (χ1n) is 9.32. The molecule has 152 valence electrons. The number of carbonyl (C=O) groups excluding carboxylic acids is 2. The van der Waals surface area contributed by atoms with Crippen LogP contribution in [0.3, 0.4) is 0 Å². The Bertz CT molecular complexity index is 1220. The maximum absolute atomic E-state index is 13.5. The zero-order chi connectivity index (χ0) is 21.1. The molecule has 0 aliphatic rings. The Morgan fingerprint density at radius 2 is 2.03 bits per heavy atom. The first-order chi connectivity index (χ1) is 14.5. The van der Waals surface area contributed by atoms with Crippen LogP contribution in [0.2, 0.25) is 0 Å². The number of benzene rings is 2. The summed E-state index contributed by atoms with van der Waals surface area (Å²) >= 11 is 1.35. The van der Waals surface area contributed by atoms with E-state index in [9.17, 15) is 14.0 Å². The molecule has 30 heavy (non-hydrogen) atoms. The highest BCUT2D eigenvalue weighted by molar-refractivity contribution is 7.21. The molecule has 0 aliphatic heterocycles.